The Morgan fingerprint density at radius 2 is 2.30 bits per heavy atom. The Kier molecular flexibility index (Phi) is 5.94. The Hall–Kier alpha value is -0.0600. The second-order valence-electron chi connectivity index (χ2n) is 6.41. The lowest BCUT2D eigenvalue weighted by atomic mass is 9.75. The van der Waals surface area contributed by atoms with Crippen LogP contribution in [0.5, 0.6) is 0 Å². The average Bonchev–Trinajstić information content (AvgIpc) is 2.40. The van der Waals surface area contributed by atoms with Crippen LogP contribution in [0, 0.1) is 5.41 Å². The summed E-state index contributed by atoms with van der Waals surface area (Å²) in [6.07, 6.45) is 6.92. The van der Waals surface area contributed by atoms with Gasteiger partial charge < -0.3 is 5.32 Å². The third-order valence-corrected chi connectivity index (χ3v) is 6.23. The SMILES string of the molecule is CCCNC1CCC(C)(C)CC1Sc1ncccc1Br. The number of thioether (sulfide) groups is 1. The maximum absolute atomic E-state index is 4.52. The molecule has 112 valence electrons. The van der Waals surface area contributed by atoms with Gasteiger partial charge >= 0.3 is 0 Å². The van der Waals surface area contributed by atoms with E-state index in [1.54, 1.807) is 0 Å². The molecule has 2 atom stereocenters. The Morgan fingerprint density at radius 3 is 3.00 bits per heavy atom. The van der Waals surface area contributed by atoms with Gasteiger partial charge in [-0.1, -0.05) is 20.8 Å². The zero-order valence-corrected chi connectivity index (χ0v) is 15.1. The number of aromatic nitrogens is 1. The van der Waals surface area contributed by atoms with E-state index < -0.39 is 0 Å². The fraction of sp³-hybridized carbons (Fsp3) is 0.688. The molecule has 2 nitrogen and oxygen atoms in total. The van der Waals surface area contributed by atoms with Gasteiger partial charge in [0.2, 0.25) is 0 Å². The average molecular weight is 357 g/mol. The molecule has 4 heteroatoms. The van der Waals surface area contributed by atoms with Gasteiger partial charge in [-0.25, -0.2) is 4.98 Å². The lowest BCUT2D eigenvalue weighted by molar-refractivity contribution is 0.214. The summed E-state index contributed by atoms with van der Waals surface area (Å²) in [5, 5.41) is 5.47. The van der Waals surface area contributed by atoms with Crippen LogP contribution in [0.25, 0.3) is 0 Å². The van der Waals surface area contributed by atoms with Crippen molar-refractivity contribution in [1.82, 2.24) is 10.3 Å². The summed E-state index contributed by atoms with van der Waals surface area (Å²) in [6.45, 7) is 8.14. The monoisotopic (exact) mass is 356 g/mol. The van der Waals surface area contributed by atoms with Gasteiger partial charge in [0.05, 0.1) is 0 Å². The van der Waals surface area contributed by atoms with E-state index in [0.29, 0.717) is 16.7 Å². The number of nitrogens with one attached hydrogen (secondary N) is 1. The Bertz CT molecular complexity index is 436. The van der Waals surface area contributed by atoms with Gasteiger partial charge in [0, 0.05) is 22.0 Å². The zero-order chi connectivity index (χ0) is 14.6. The third kappa shape index (κ3) is 4.47. The molecule has 0 radical (unpaired) electrons. The Labute approximate surface area is 135 Å². The summed E-state index contributed by atoms with van der Waals surface area (Å²) in [5.74, 6) is 0. The van der Waals surface area contributed by atoms with Crippen molar-refractivity contribution in [3.05, 3.63) is 22.8 Å². The van der Waals surface area contributed by atoms with E-state index in [9.17, 15) is 0 Å². The smallest absolute Gasteiger partial charge is 0.110 e. The van der Waals surface area contributed by atoms with Crippen LogP contribution in [0.3, 0.4) is 0 Å². The van der Waals surface area contributed by atoms with E-state index in [1.807, 2.05) is 24.0 Å². The molecule has 0 aliphatic heterocycles. The summed E-state index contributed by atoms with van der Waals surface area (Å²) in [5.41, 5.74) is 0.448. The molecule has 2 unspecified atom stereocenters. The third-order valence-electron chi connectivity index (χ3n) is 3.98. The number of hydrogen-bond acceptors (Lipinski definition) is 3. The molecule has 1 aromatic rings. The zero-order valence-electron chi connectivity index (χ0n) is 12.7. The quantitative estimate of drug-likeness (QED) is 0.813. The summed E-state index contributed by atoms with van der Waals surface area (Å²) < 4.78 is 1.11. The van der Waals surface area contributed by atoms with E-state index in [4.69, 9.17) is 0 Å². The van der Waals surface area contributed by atoms with Crippen LogP contribution in [0.4, 0.5) is 0 Å². The van der Waals surface area contributed by atoms with Crippen molar-refractivity contribution < 1.29 is 0 Å². The highest BCUT2D eigenvalue weighted by molar-refractivity contribution is 9.10. The van der Waals surface area contributed by atoms with Gasteiger partial charge in [0.15, 0.2) is 0 Å². The molecule has 0 saturated heterocycles. The van der Waals surface area contributed by atoms with Crippen LogP contribution in [0.1, 0.15) is 46.5 Å². The highest BCUT2D eigenvalue weighted by atomic mass is 79.9. The molecule has 1 aliphatic carbocycles. The van der Waals surface area contributed by atoms with Crippen LogP contribution in [-0.2, 0) is 0 Å². The topological polar surface area (TPSA) is 24.9 Å². The normalized spacial score (nSPS) is 25.6. The van der Waals surface area contributed by atoms with Gasteiger partial charge in [-0.2, -0.15) is 0 Å². The minimum Gasteiger partial charge on any atom is -0.313 e. The van der Waals surface area contributed by atoms with E-state index in [2.05, 4.69) is 53.1 Å². The number of nitrogens with zero attached hydrogens (tertiary/aromatic N) is 1. The molecule has 0 aromatic carbocycles. The van der Waals surface area contributed by atoms with Crippen LogP contribution in [-0.4, -0.2) is 22.8 Å². The van der Waals surface area contributed by atoms with Gasteiger partial charge in [-0.15, -0.1) is 11.8 Å². The van der Waals surface area contributed by atoms with Gasteiger partial charge in [0.25, 0.3) is 0 Å². The summed E-state index contributed by atoms with van der Waals surface area (Å²) >= 11 is 5.55. The van der Waals surface area contributed by atoms with E-state index in [-0.39, 0.29) is 0 Å². The molecule has 0 amide bonds. The molecular formula is C16H25BrN2S. The first kappa shape index (κ1) is 16.3. The molecule has 0 bridgehead atoms. The Morgan fingerprint density at radius 1 is 1.50 bits per heavy atom. The first-order valence-corrected chi connectivity index (χ1v) is 9.19. The molecule has 1 aromatic heterocycles. The van der Waals surface area contributed by atoms with Crippen molar-refractivity contribution in [1.29, 1.82) is 0 Å². The molecule has 1 saturated carbocycles. The summed E-state index contributed by atoms with van der Waals surface area (Å²) in [6, 6.07) is 4.67. The number of rotatable bonds is 5. The van der Waals surface area contributed by atoms with Crippen LogP contribution >= 0.6 is 27.7 Å². The highest BCUT2D eigenvalue weighted by Gasteiger charge is 2.35. The van der Waals surface area contributed by atoms with Crippen molar-refractivity contribution in [3.63, 3.8) is 0 Å². The number of pyridine rings is 1. The number of halogens is 1. The number of hydrogen-bond donors (Lipinski definition) is 1. The predicted molar refractivity (Wildman–Crippen MR) is 91.3 cm³/mol. The first-order chi connectivity index (χ1) is 9.52. The fourth-order valence-corrected chi connectivity index (χ4v) is 4.86. The lowest BCUT2D eigenvalue weighted by Gasteiger charge is -2.40. The van der Waals surface area contributed by atoms with Crippen molar-refractivity contribution >= 4 is 27.7 Å². The molecule has 2 rings (SSSR count). The highest BCUT2D eigenvalue weighted by Crippen LogP contribution is 2.43. The molecule has 1 heterocycles. The second kappa shape index (κ2) is 7.28. The molecule has 1 N–H and O–H groups in total. The van der Waals surface area contributed by atoms with Crippen LogP contribution < -0.4 is 5.32 Å². The van der Waals surface area contributed by atoms with Crippen molar-refractivity contribution in [2.45, 2.75) is 62.8 Å². The molecular weight excluding hydrogens is 332 g/mol. The first-order valence-electron chi connectivity index (χ1n) is 7.52. The summed E-state index contributed by atoms with van der Waals surface area (Å²) in [4.78, 5) is 4.52. The maximum atomic E-state index is 4.52. The molecule has 20 heavy (non-hydrogen) atoms. The fourth-order valence-electron chi connectivity index (χ4n) is 2.81. The van der Waals surface area contributed by atoms with Crippen molar-refractivity contribution in [3.8, 4) is 0 Å². The van der Waals surface area contributed by atoms with Crippen LogP contribution in [0.15, 0.2) is 27.8 Å². The van der Waals surface area contributed by atoms with Gasteiger partial charge in [-0.3, -0.25) is 0 Å². The largest absolute Gasteiger partial charge is 0.313 e. The molecule has 1 fully saturated rings. The molecule has 0 spiro atoms. The standard InChI is InChI=1S/C16H25BrN2S/c1-4-9-18-13-7-8-16(2,3)11-14(13)20-15-12(17)6-5-10-19-15/h5-6,10,13-14,18H,4,7-9,11H2,1-3H3. The molecule has 1 aliphatic rings. The van der Waals surface area contributed by atoms with E-state index in [0.717, 1.165) is 16.0 Å². The van der Waals surface area contributed by atoms with Gasteiger partial charge in [0.1, 0.15) is 5.03 Å². The van der Waals surface area contributed by atoms with Crippen molar-refractivity contribution in [2.24, 2.45) is 5.41 Å². The van der Waals surface area contributed by atoms with Crippen LogP contribution in [0.2, 0.25) is 0 Å². The lowest BCUT2D eigenvalue weighted by Crippen LogP contribution is -2.45. The van der Waals surface area contributed by atoms with Crippen molar-refractivity contribution in [2.75, 3.05) is 6.54 Å². The second-order valence-corrected chi connectivity index (χ2v) is 8.50. The maximum Gasteiger partial charge on any atom is 0.110 e. The van der Waals surface area contributed by atoms with Gasteiger partial charge in [-0.05, 0) is 65.7 Å². The Balaban J connectivity index is 2.08. The minimum absolute atomic E-state index is 0.448. The van der Waals surface area contributed by atoms with E-state index in [1.165, 1.54) is 25.7 Å². The minimum atomic E-state index is 0.448. The predicted octanol–water partition coefficient (Wildman–Crippen LogP) is 4.88. The summed E-state index contributed by atoms with van der Waals surface area (Å²) in [7, 11) is 0. The van der Waals surface area contributed by atoms with E-state index >= 15 is 0 Å².